The van der Waals surface area contributed by atoms with E-state index in [1.807, 2.05) is 85.8 Å². The Morgan fingerprint density at radius 2 is 1.68 bits per heavy atom. The monoisotopic (exact) mass is 427 g/mol. The number of halogens is 1. The molecule has 0 aliphatic heterocycles. The van der Waals surface area contributed by atoms with E-state index in [4.69, 9.17) is 21.3 Å². The van der Waals surface area contributed by atoms with Gasteiger partial charge in [-0.3, -0.25) is 4.98 Å². The Bertz CT molecular complexity index is 1250. The Balaban J connectivity index is 1.65. The van der Waals surface area contributed by atoms with Crippen LogP contribution in [0.25, 0.3) is 22.0 Å². The molecule has 4 heteroatoms. The first-order valence-corrected chi connectivity index (χ1v) is 10.9. The molecule has 1 fully saturated rings. The van der Waals surface area contributed by atoms with E-state index in [9.17, 15) is 4.79 Å². The lowest BCUT2D eigenvalue weighted by atomic mass is 9.94. The van der Waals surface area contributed by atoms with Crippen LogP contribution in [0.4, 0.5) is 0 Å². The van der Waals surface area contributed by atoms with Crippen molar-refractivity contribution in [1.82, 2.24) is 4.98 Å². The van der Waals surface area contributed by atoms with Gasteiger partial charge >= 0.3 is 5.97 Å². The lowest BCUT2D eigenvalue weighted by Crippen LogP contribution is -2.16. The van der Waals surface area contributed by atoms with Crippen molar-refractivity contribution in [2.24, 2.45) is 5.92 Å². The van der Waals surface area contributed by atoms with Crippen molar-refractivity contribution in [1.29, 1.82) is 0 Å². The van der Waals surface area contributed by atoms with E-state index in [-0.39, 0.29) is 12.1 Å². The molecule has 1 unspecified atom stereocenters. The van der Waals surface area contributed by atoms with Crippen molar-refractivity contribution < 1.29 is 9.53 Å². The van der Waals surface area contributed by atoms with E-state index in [2.05, 4.69) is 0 Å². The van der Waals surface area contributed by atoms with Crippen LogP contribution in [-0.4, -0.2) is 11.0 Å². The first-order valence-electron chi connectivity index (χ1n) is 10.5. The summed E-state index contributed by atoms with van der Waals surface area (Å²) < 4.78 is 6.16. The summed E-state index contributed by atoms with van der Waals surface area (Å²) in [7, 11) is 0. The van der Waals surface area contributed by atoms with Crippen LogP contribution in [0, 0.1) is 12.8 Å². The van der Waals surface area contributed by atoms with Gasteiger partial charge in [-0.15, -0.1) is 0 Å². The number of esters is 1. The van der Waals surface area contributed by atoms with Crippen molar-refractivity contribution in [3.05, 3.63) is 101 Å². The van der Waals surface area contributed by atoms with E-state index >= 15 is 0 Å². The highest BCUT2D eigenvalue weighted by Gasteiger charge is 2.36. The minimum Gasteiger partial charge on any atom is -0.454 e. The van der Waals surface area contributed by atoms with Gasteiger partial charge in [0.05, 0.1) is 16.8 Å². The molecular formula is C27H22ClNO2. The average molecular weight is 428 g/mol. The molecule has 0 saturated heterocycles. The molecule has 0 spiro atoms. The van der Waals surface area contributed by atoms with Crippen LogP contribution in [0.2, 0.25) is 5.02 Å². The molecule has 0 N–H and O–H groups in total. The largest absolute Gasteiger partial charge is 0.454 e. The van der Waals surface area contributed by atoms with Crippen LogP contribution < -0.4 is 0 Å². The molecule has 1 aliphatic carbocycles. The highest BCUT2D eigenvalue weighted by atomic mass is 35.5. The number of nitrogens with zero attached hydrogens (tertiary/aromatic N) is 1. The molecule has 5 rings (SSSR count). The van der Waals surface area contributed by atoms with Crippen molar-refractivity contribution >= 4 is 28.5 Å². The minimum absolute atomic E-state index is 0.244. The zero-order valence-corrected chi connectivity index (χ0v) is 18.0. The third-order valence-electron chi connectivity index (χ3n) is 5.81. The second kappa shape index (κ2) is 8.16. The van der Waals surface area contributed by atoms with Gasteiger partial charge in [-0.25, -0.2) is 4.79 Å². The van der Waals surface area contributed by atoms with E-state index in [0.29, 0.717) is 22.2 Å². The second-order valence-corrected chi connectivity index (χ2v) is 8.49. The zero-order valence-electron chi connectivity index (χ0n) is 17.2. The van der Waals surface area contributed by atoms with Crippen molar-refractivity contribution in [3.8, 4) is 11.1 Å². The number of hydrogen-bond donors (Lipinski definition) is 0. The number of carbonyl (C=O) groups excluding carboxylic acids is 1. The Labute approximate surface area is 186 Å². The highest BCUT2D eigenvalue weighted by Crippen LogP contribution is 2.44. The van der Waals surface area contributed by atoms with Crippen LogP contribution >= 0.6 is 11.6 Å². The van der Waals surface area contributed by atoms with Gasteiger partial charge in [-0.1, -0.05) is 72.3 Å². The topological polar surface area (TPSA) is 39.2 Å². The fraction of sp³-hybridized carbons (Fsp3) is 0.185. The molecule has 154 valence electrons. The van der Waals surface area contributed by atoms with Gasteiger partial charge in [-0.05, 0) is 49.1 Å². The third kappa shape index (κ3) is 3.94. The van der Waals surface area contributed by atoms with E-state index in [1.165, 1.54) is 0 Å². The maximum atomic E-state index is 13.6. The molecule has 1 atom stereocenters. The maximum Gasteiger partial charge on any atom is 0.341 e. The molecule has 0 amide bonds. The number of pyridine rings is 1. The number of fused-ring (bicyclic) bond motifs is 1. The molecule has 1 aromatic heterocycles. The van der Waals surface area contributed by atoms with Crippen LogP contribution in [0.3, 0.4) is 0 Å². The molecule has 31 heavy (non-hydrogen) atoms. The van der Waals surface area contributed by atoms with Crippen LogP contribution in [0.1, 0.15) is 40.6 Å². The molecule has 3 aromatic carbocycles. The smallest absolute Gasteiger partial charge is 0.341 e. The summed E-state index contributed by atoms with van der Waals surface area (Å²) in [6.45, 7) is 1.87. The minimum atomic E-state index is -0.341. The van der Waals surface area contributed by atoms with Crippen LogP contribution in [-0.2, 0) is 4.74 Å². The molecule has 4 aromatic rings. The van der Waals surface area contributed by atoms with E-state index in [0.717, 1.165) is 40.4 Å². The SMILES string of the molecule is Cc1nc2ccc(Cl)cc2c(-c2ccccc2)c1C(=O)OC(c1ccccc1)C1CC1. The molecular weight excluding hydrogens is 406 g/mol. The Morgan fingerprint density at radius 1 is 1.00 bits per heavy atom. The fourth-order valence-corrected chi connectivity index (χ4v) is 4.34. The number of hydrogen-bond acceptors (Lipinski definition) is 3. The van der Waals surface area contributed by atoms with Gasteiger partial charge in [0, 0.05) is 21.9 Å². The van der Waals surface area contributed by atoms with Gasteiger partial charge in [0.2, 0.25) is 0 Å². The number of ether oxygens (including phenoxy) is 1. The Hall–Kier alpha value is -3.17. The number of rotatable bonds is 5. The average Bonchev–Trinajstić information content (AvgIpc) is 3.63. The first-order chi connectivity index (χ1) is 15.1. The van der Waals surface area contributed by atoms with Crippen molar-refractivity contribution in [2.75, 3.05) is 0 Å². The molecule has 0 bridgehead atoms. The Morgan fingerprint density at radius 3 is 2.35 bits per heavy atom. The van der Waals surface area contributed by atoms with Gasteiger partial charge in [-0.2, -0.15) is 0 Å². The number of carbonyl (C=O) groups is 1. The van der Waals surface area contributed by atoms with Crippen LogP contribution in [0.15, 0.2) is 78.9 Å². The van der Waals surface area contributed by atoms with E-state index in [1.54, 1.807) is 0 Å². The van der Waals surface area contributed by atoms with Crippen molar-refractivity contribution in [3.63, 3.8) is 0 Å². The summed E-state index contributed by atoms with van der Waals surface area (Å²) in [5.41, 5.74) is 4.75. The fourth-order valence-electron chi connectivity index (χ4n) is 4.16. The second-order valence-electron chi connectivity index (χ2n) is 8.05. The van der Waals surface area contributed by atoms with E-state index < -0.39 is 0 Å². The molecule has 1 saturated carbocycles. The predicted molar refractivity (Wildman–Crippen MR) is 124 cm³/mol. The lowest BCUT2D eigenvalue weighted by Gasteiger charge is -2.21. The lowest BCUT2D eigenvalue weighted by molar-refractivity contribution is 0.0241. The van der Waals surface area contributed by atoms with Crippen molar-refractivity contribution in [2.45, 2.75) is 25.9 Å². The molecule has 3 nitrogen and oxygen atoms in total. The zero-order chi connectivity index (χ0) is 21.4. The summed E-state index contributed by atoms with van der Waals surface area (Å²) in [4.78, 5) is 18.3. The summed E-state index contributed by atoms with van der Waals surface area (Å²) in [5.74, 6) is 0.0289. The summed E-state index contributed by atoms with van der Waals surface area (Å²) >= 11 is 6.32. The maximum absolute atomic E-state index is 13.6. The Kier molecular flexibility index (Phi) is 5.21. The van der Waals surface area contributed by atoms with Gasteiger partial charge in [0.15, 0.2) is 0 Å². The normalized spacial score (nSPS) is 14.4. The highest BCUT2D eigenvalue weighted by molar-refractivity contribution is 6.31. The summed E-state index contributed by atoms with van der Waals surface area (Å²) in [6, 6.07) is 25.5. The molecule has 1 aliphatic rings. The summed E-state index contributed by atoms with van der Waals surface area (Å²) in [6.07, 6.45) is 1.90. The number of aromatic nitrogens is 1. The molecule has 0 radical (unpaired) electrons. The predicted octanol–water partition coefficient (Wildman–Crippen LogP) is 7.17. The van der Waals surface area contributed by atoms with Crippen LogP contribution in [0.5, 0.6) is 0 Å². The van der Waals surface area contributed by atoms with Gasteiger partial charge in [0.25, 0.3) is 0 Å². The molecule has 1 heterocycles. The van der Waals surface area contributed by atoms with Gasteiger partial charge < -0.3 is 4.74 Å². The first kappa shape index (κ1) is 19.8. The standard InChI is InChI=1S/C27H22ClNO2/c1-17-24(27(30)31-26(20-12-13-20)19-10-6-3-7-11-19)25(18-8-4-2-5-9-18)22-16-21(28)14-15-23(22)29-17/h2-11,14-16,20,26H,12-13H2,1H3. The number of benzene rings is 3. The quantitative estimate of drug-likeness (QED) is 0.317. The van der Waals surface area contributed by atoms with Gasteiger partial charge in [0.1, 0.15) is 6.10 Å². The third-order valence-corrected chi connectivity index (χ3v) is 6.04. The summed E-state index contributed by atoms with van der Waals surface area (Å²) in [5, 5.41) is 1.45. The number of aryl methyl sites for hydroxylation is 1.